The molecule has 0 radical (unpaired) electrons. The summed E-state index contributed by atoms with van der Waals surface area (Å²) in [4.78, 5) is 12.4. The molecule has 6 heteroatoms. The Bertz CT molecular complexity index is 789. The van der Waals surface area contributed by atoms with Crippen molar-refractivity contribution in [2.24, 2.45) is 0 Å². The predicted molar refractivity (Wildman–Crippen MR) is 83.0 cm³/mol. The lowest BCUT2D eigenvalue weighted by Gasteiger charge is -2.02. The minimum atomic E-state index is -0.893. The van der Waals surface area contributed by atoms with Crippen molar-refractivity contribution in [3.63, 3.8) is 0 Å². The van der Waals surface area contributed by atoms with Crippen LogP contribution >= 0.6 is 27.3 Å². The molecule has 102 valence electrons. The number of halogens is 1. The summed E-state index contributed by atoms with van der Waals surface area (Å²) < 4.78 is 2.82. The minimum Gasteiger partial charge on any atom is -0.477 e. The second kappa shape index (κ2) is 5.03. The molecule has 0 aliphatic rings. The van der Waals surface area contributed by atoms with Crippen LogP contribution in [0.15, 0.2) is 34.8 Å². The predicted octanol–water partition coefficient (Wildman–Crippen LogP) is 4.11. The number of carbonyl (C=O) groups is 1. The highest BCUT2D eigenvalue weighted by molar-refractivity contribution is 9.10. The summed E-state index contributed by atoms with van der Waals surface area (Å²) in [5, 5.41) is 14.7. The molecule has 1 aromatic carbocycles. The fraction of sp³-hybridized carbons (Fsp3) is 0.143. The first-order chi connectivity index (χ1) is 9.60. The molecule has 0 fully saturated rings. The molecule has 0 atom stereocenters. The Balaban J connectivity index is 2.24. The summed E-state index contributed by atoms with van der Waals surface area (Å²) >= 11 is 4.66. The lowest BCUT2D eigenvalue weighted by atomic mass is 10.2. The highest BCUT2D eigenvalue weighted by Crippen LogP contribution is 2.31. The van der Waals surface area contributed by atoms with Crippen LogP contribution in [-0.2, 0) is 6.42 Å². The third-order valence-electron chi connectivity index (χ3n) is 3.05. The quantitative estimate of drug-likeness (QED) is 0.773. The number of nitrogens with zero attached hydrogens (tertiary/aromatic N) is 2. The highest BCUT2D eigenvalue weighted by atomic mass is 79.9. The molecule has 0 aliphatic heterocycles. The molecule has 20 heavy (non-hydrogen) atoms. The van der Waals surface area contributed by atoms with Gasteiger partial charge >= 0.3 is 5.97 Å². The maximum absolute atomic E-state index is 11.1. The maximum atomic E-state index is 11.1. The number of aromatic carboxylic acids is 1. The Kier molecular flexibility index (Phi) is 3.35. The number of thiophene rings is 1. The van der Waals surface area contributed by atoms with Crippen molar-refractivity contribution in [2.45, 2.75) is 13.3 Å². The zero-order chi connectivity index (χ0) is 14.3. The lowest BCUT2D eigenvalue weighted by molar-refractivity contribution is 0.0702. The zero-order valence-corrected chi connectivity index (χ0v) is 13.0. The van der Waals surface area contributed by atoms with Gasteiger partial charge in [0, 0.05) is 9.86 Å². The monoisotopic (exact) mass is 350 g/mol. The van der Waals surface area contributed by atoms with Crippen LogP contribution in [0.1, 0.15) is 22.3 Å². The van der Waals surface area contributed by atoms with Gasteiger partial charge in [0.05, 0.1) is 11.4 Å². The summed E-state index contributed by atoms with van der Waals surface area (Å²) in [5.41, 5.74) is 1.85. The molecule has 0 saturated heterocycles. The number of hydrogen-bond acceptors (Lipinski definition) is 3. The Hall–Kier alpha value is -1.66. The molecular formula is C14H11BrN2O2S. The first kappa shape index (κ1) is 13.3. The summed E-state index contributed by atoms with van der Waals surface area (Å²) in [5.74, 6) is -0.893. The number of hydrogen-bond donors (Lipinski definition) is 1. The molecule has 0 aliphatic carbocycles. The van der Waals surface area contributed by atoms with E-state index in [0.29, 0.717) is 4.88 Å². The van der Waals surface area contributed by atoms with Gasteiger partial charge in [-0.1, -0.05) is 22.9 Å². The molecule has 3 aromatic rings. The van der Waals surface area contributed by atoms with Gasteiger partial charge in [0.15, 0.2) is 0 Å². The second-order valence-electron chi connectivity index (χ2n) is 4.32. The first-order valence-electron chi connectivity index (χ1n) is 6.11. The van der Waals surface area contributed by atoms with Crippen molar-refractivity contribution in [3.05, 3.63) is 45.4 Å². The van der Waals surface area contributed by atoms with Crippen LogP contribution in [0.3, 0.4) is 0 Å². The summed E-state index contributed by atoms with van der Waals surface area (Å²) in [6.45, 7) is 2.02. The van der Waals surface area contributed by atoms with Crippen molar-refractivity contribution < 1.29 is 9.90 Å². The maximum Gasteiger partial charge on any atom is 0.345 e. The topological polar surface area (TPSA) is 55.1 Å². The first-order valence-corrected chi connectivity index (χ1v) is 7.71. The Labute approximate surface area is 127 Å². The highest BCUT2D eigenvalue weighted by Gasteiger charge is 2.17. The van der Waals surface area contributed by atoms with E-state index in [1.165, 1.54) is 11.3 Å². The van der Waals surface area contributed by atoms with Crippen LogP contribution in [-0.4, -0.2) is 20.9 Å². The van der Waals surface area contributed by atoms with Gasteiger partial charge in [0.25, 0.3) is 0 Å². The van der Waals surface area contributed by atoms with Crippen LogP contribution < -0.4 is 0 Å². The van der Waals surface area contributed by atoms with Gasteiger partial charge in [-0.2, -0.15) is 5.10 Å². The molecule has 2 aromatic heterocycles. The molecule has 1 N–H and O–H groups in total. The van der Waals surface area contributed by atoms with E-state index in [0.717, 1.165) is 32.5 Å². The molecule has 3 rings (SSSR count). The van der Waals surface area contributed by atoms with Gasteiger partial charge in [0.2, 0.25) is 0 Å². The molecule has 0 amide bonds. The number of benzene rings is 1. The van der Waals surface area contributed by atoms with Crippen LogP contribution in [0.25, 0.3) is 15.9 Å². The van der Waals surface area contributed by atoms with Crippen LogP contribution in [0.5, 0.6) is 0 Å². The van der Waals surface area contributed by atoms with Crippen molar-refractivity contribution in [2.75, 3.05) is 0 Å². The lowest BCUT2D eigenvalue weighted by Crippen LogP contribution is -1.97. The molecule has 0 bridgehead atoms. The van der Waals surface area contributed by atoms with E-state index < -0.39 is 5.97 Å². The Morgan fingerprint density at radius 3 is 2.70 bits per heavy atom. The number of carboxylic acid groups (broad SMARTS) is 1. The van der Waals surface area contributed by atoms with E-state index in [1.54, 1.807) is 6.07 Å². The molecule has 0 unspecified atom stereocenters. The Morgan fingerprint density at radius 1 is 1.40 bits per heavy atom. The van der Waals surface area contributed by atoms with E-state index in [1.807, 2.05) is 35.9 Å². The Morgan fingerprint density at radius 2 is 2.10 bits per heavy atom. The summed E-state index contributed by atoms with van der Waals surface area (Å²) in [7, 11) is 0. The van der Waals surface area contributed by atoms with Gasteiger partial charge < -0.3 is 5.11 Å². The van der Waals surface area contributed by atoms with Crippen molar-refractivity contribution in [1.82, 2.24) is 9.78 Å². The largest absolute Gasteiger partial charge is 0.477 e. The zero-order valence-electron chi connectivity index (χ0n) is 10.6. The third kappa shape index (κ3) is 2.14. The molecule has 0 spiro atoms. The van der Waals surface area contributed by atoms with Crippen LogP contribution in [0.4, 0.5) is 0 Å². The molecule has 4 nitrogen and oxygen atoms in total. The van der Waals surface area contributed by atoms with Gasteiger partial charge in [0.1, 0.15) is 9.71 Å². The van der Waals surface area contributed by atoms with Crippen LogP contribution in [0.2, 0.25) is 0 Å². The van der Waals surface area contributed by atoms with Crippen molar-refractivity contribution >= 4 is 43.5 Å². The number of carboxylic acids is 1. The summed E-state index contributed by atoms with van der Waals surface area (Å²) in [6, 6.07) is 9.51. The minimum absolute atomic E-state index is 0.345. The number of aromatic nitrogens is 2. The normalized spacial score (nSPS) is 11.1. The van der Waals surface area contributed by atoms with Crippen molar-refractivity contribution in [3.8, 4) is 5.69 Å². The average Bonchev–Trinajstić information content (AvgIpc) is 2.98. The standard InChI is InChI=1S/C14H11BrN2O2S/c1-2-11-10-7-12(14(18)19)20-13(10)17(16-11)9-5-3-8(15)4-6-9/h3-7H,2H2,1H3,(H,18,19). The fourth-order valence-corrected chi connectivity index (χ4v) is 3.35. The second-order valence-corrected chi connectivity index (χ2v) is 6.27. The van der Waals surface area contributed by atoms with Gasteiger partial charge in [-0.3, -0.25) is 0 Å². The van der Waals surface area contributed by atoms with E-state index >= 15 is 0 Å². The van der Waals surface area contributed by atoms with E-state index in [2.05, 4.69) is 21.0 Å². The molecule has 0 saturated carbocycles. The number of rotatable bonds is 3. The van der Waals surface area contributed by atoms with Gasteiger partial charge in [-0.15, -0.1) is 11.3 Å². The molecule has 2 heterocycles. The number of fused-ring (bicyclic) bond motifs is 1. The van der Waals surface area contributed by atoms with E-state index in [-0.39, 0.29) is 0 Å². The summed E-state index contributed by atoms with van der Waals surface area (Å²) in [6.07, 6.45) is 0.774. The molecular weight excluding hydrogens is 340 g/mol. The number of aryl methyl sites for hydroxylation is 1. The fourth-order valence-electron chi connectivity index (χ4n) is 2.09. The van der Waals surface area contributed by atoms with E-state index in [9.17, 15) is 4.79 Å². The third-order valence-corrected chi connectivity index (χ3v) is 4.68. The van der Waals surface area contributed by atoms with Crippen LogP contribution in [0, 0.1) is 0 Å². The van der Waals surface area contributed by atoms with Gasteiger partial charge in [-0.05, 0) is 36.8 Å². The SMILES string of the molecule is CCc1nn(-c2ccc(Br)cc2)c2sc(C(=O)O)cc12. The van der Waals surface area contributed by atoms with E-state index in [4.69, 9.17) is 5.11 Å². The average molecular weight is 351 g/mol. The van der Waals surface area contributed by atoms with Gasteiger partial charge in [-0.25, -0.2) is 9.48 Å². The smallest absolute Gasteiger partial charge is 0.345 e. The van der Waals surface area contributed by atoms with Crippen molar-refractivity contribution in [1.29, 1.82) is 0 Å².